The van der Waals surface area contributed by atoms with E-state index in [4.69, 9.17) is 0 Å². The summed E-state index contributed by atoms with van der Waals surface area (Å²) in [5.41, 5.74) is 1.30. The van der Waals surface area contributed by atoms with Crippen LogP contribution in [0.5, 0.6) is 0 Å². The Bertz CT molecular complexity index is 1130. The van der Waals surface area contributed by atoms with Gasteiger partial charge in [-0.2, -0.15) is 0 Å². The Morgan fingerprint density at radius 1 is 1.21 bits per heavy atom. The van der Waals surface area contributed by atoms with Crippen molar-refractivity contribution in [3.63, 3.8) is 0 Å². The molecule has 0 fully saturated rings. The Hall–Kier alpha value is -3.75. The van der Waals surface area contributed by atoms with Crippen LogP contribution in [0, 0.1) is 0 Å². The largest absolute Gasteiger partial charge is 0.480 e. The van der Waals surface area contributed by atoms with Gasteiger partial charge in [0.2, 0.25) is 0 Å². The molecule has 3 rings (SSSR count). The highest BCUT2D eigenvalue weighted by Crippen LogP contribution is 2.28. The monoisotopic (exact) mass is 397 g/mol. The van der Waals surface area contributed by atoms with Gasteiger partial charge in [-0.05, 0) is 18.6 Å². The molecule has 9 nitrogen and oxygen atoms in total. The number of pyridine rings is 1. The molecule has 1 unspecified atom stereocenters. The first-order valence-corrected chi connectivity index (χ1v) is 8.84. The van der Waals surface area contributed by atoms with Gasteiger partial charge >= 0.3 is 11.9 Å². The zero-order valence-electron chi connectivity index (χ0n) is 15.8. The Kier molecular flexibility index (Phi) is 5.58. The number of nitrogens with one attached hydrogen (secondary N) is 2. The molecule has 1 aromatic carbocycles. The lowest BCUT2D eigenvalue weighted by Crippen LogP contribution is -2.41. The van der Waals surface area contributed by atoms with Crippen molar-refractivity contribution in [2.24, 2.45) is 0 Å². The number of rotatable bonds is 7. The van der Waals surface area contributed by atoms with Crippen molar-refractivity contribution < 1.29 is 29.0 Å². The van der Waals surface area contributed by atoms with E-state index in [-0.39, 0.29) is 30.0 Å². The molecule has 0 bridgehead atoms. The fourth-order valence-electron chi connectivity index (χ4n) is 3.07. The molecule has 29 heavy (non-hydrogen) atoms. The van der Waals surface area contributed by atoms with Gasteiger partial charge in [-0.15, -0.1) is 0 Å². The number of carbonyl (C=O) groups excluding carboxylic acids is 3. The molecular formula is C20H19N3O6. The lowest BCUT2D eigenvalue weighted by atomic mass is 10.1. The zero-order valence-corrected chi connectivity index (χ0v) is 15.8. The van der Waals surface area contributed by atoms with Crippen LogP contribution in [0.15, 0.2) is 30.3 Å². The van der Waals surface area contributed by atoms with Crippen LogP contribution in [-0.4, -0.2) is 51.9 Å². The predicted molar refractivity (Wildman–Crippen MR) is 104 cm³/mol. The lowest BCUT2D eigenvalue weighted by Gasteiger charge is -2.14. The molecule has 1 atom stereocenters. The third-order valence-corrected chi connectivity index (χ3v) is 4.53. The summed E-state index contributed by atoms with van der Waals surface area (Å²) in [6, 6.07) is 7.56. The second-order valence-corrected chi connectivity index (χ2v) is 6.48. The van der Waals surface area contributed by atoms with Gasteiger partial charge in [-0.25, -0.2) is 9.78 Å². The number of fused-ring (bicyclic) bond motifs is 3. The summed E-state index contributed by atoms with van der Waals surface area (Å²) in [5, 5.41) is 13.1. The SMILES string of the molecule is COC(=O)CCC(NC(=O)c1cc2c([nH]c3ccccc32)c(C(C)=O)n1)C(=O)O. The fraction of sp³-hybridized carbons (Fsp3) is 0.250. The maximum atomic E-state index is 12.7. The number of nitrogens with zero attached hydrogens (tertiary/aromatic N) is 1. The van der Waals surface area contributed by atoms with E-state index < -0.39 is 23.9 Å². The second-order valence-electron chi connectivity index (χ2n) is 6.48. The molecule has 0 radical (unpaired) electrons. The number of Topliss-reactive ketones (excluding diaryl/α,β-unsaturated/α-hetero) is 1. The number of methoxy groups -OCH3 is 1. The zero-order chi connectivity index (χ0) is 21.1. The molecule has 2 heterocycles. The molecule has 0 saturated carbocycles. The van der Waals surface area contributed by atoms with Crippen molar-refractivity contribution in [3.05, 3.63) is 41.7 Å². The molecule has 0 aliphatic carbocycles. The van der Waals surface area contributed by atoms with Gasteiger partial charge in [0.25, 0.3) is 5.91 Å². The maximum absolute atomic E-state index is 12.7. The van der Waals surface area contributed by atoms with Crippen LogP contribution in [0.4, 0.5) is 0 Å². The number of ether oxygens (including phenoxy) is 1. The molecule has 1 amide bonds. The van der Waals surface area contributed by atoms with Crippen LogP contribution in [-0.2, 0) is 14.3 Å². The van der Waals surface area contributed by atoms with Crippen molar-refractivity contribution in [3.8, 4) is 0 Å². The minimum atomic E-state index is -1.30. The number of aromatic nitrogens is 2. The van der Waals surface area contributed by atoms with Crippen LogP contribution in [0.25, 0.3) is 21.8 Å². The number of ketones is 1. The summed E-state index contributed by atoms with van der Waals surface area (Å²) in [7, 11) is 1.19. The highest BCUT2D eigenvalue weighted by Gasteiger charge is 2.24. The minimum Gasteiger partial charge on any atom is -0.480 e. The van der Waals surface area contributed by atoms with E-state index in [1.165, 1.54) is 20.1 Å². The number of amides is 1. The lowest BCUT2D eigenvalue weighted by molar-refractivity contribution is -0.142. The average Bonchev–Trinajstić information content (AvgIpc) is 3.08. The van der Waals surface area contributed by atoms with Gasteiger partial charge in [0.1, 0.15) is 17.4 Å². The van der Waals surface area contributed by atoms with E-state index in [1.807, 2.05) is 24.3 Å². The quantitative estimate of drug-likeness (QED) is 0.410. The number of carboxylic acids is 1. The van der Waals surface area contributed by atoms with E-state index in [0.29, 0.717) is 10.9 Å². The third kappa shape index (κ3) is 4.08. The van der Waals surface area contributed by atoms with Gasteiger partial charge in [-0.3, -0.25) is 14.4 Å². The number of aliphatic carboxylic acids is 1. The molecule has 0 aliphatic heterocycles. The smallest absolute Gasteiger partial charge is 0.326 e. The fourth-order valence-corrected chi connectivity index (χ4v) is 3.07. The summed E-state index contributed by atoms with van der Waals surface area (Å²) in [5.74, 6) is -2.96. The number of hydrogen-bond acceptors (Lipinski definition) is 6. The molecule has 0 spiro atoms. The first-order chi connectivity index (χ1) is 13.8. The Morgan fingerprint density at radius 2 is 1.93 bits per heavy atom. The molecule has 150 valence electrons. The van der Waals surface area contributed by atoms with Crippen LogP contribution in [0.2, 0.25) is 0 Å². The minimum absolute atomic E-state index is 0.0863. The Morgan fingerprint density at radius 3 is 2.59 bits per heavy atom. The molecule has 0 saturated heterocycles. The van der Waals surface area contributed by atoms with Crippen molar-refractivity contribution in [2.45, 2.75) is 25.8 Å². The molecule has 3 aromatic rings. The van der Waals surface area contributed by atoms with Crippen LogP contribution < -0.4 is 5.32 Å². The molecular weight excluding hydrogens is 378 g/mol. The van der Waals surface area contributed by atoms with Gasteiger partial charge in [0.15, 0.2) is 5.78 Å². The van der Waals surface area contributed by atoms with Crippen molar-refractivity contribution >= 4 is 45.4 Å². The number of hydrogen-bond donors (Lipinski definition) is 3. The molecule has 0 aliphatic rings. The molecule has 9 heteroatoms. The number of benzene rings is 1. The van der Waals surface area contributed by atoms with Crippen molar-refractivity contribution in [2.75, 3.05) is 7.11 Å². The third-order valence-electron chi connectivity index (χ3n) is 4.53. The van der Waals surface area contributed by atoms with E-state index in [9.17, 15) is 24.3 Å². The van der Waals surface area contributed by atoms with E-state index in [2.05, 4.69) is 20.0 Å². The van der Waals surface area contributed by atoms with Crippen LogP contribution >= 0.6 is 0 Å². The van der Waals surface area contributed by atoms with E-state index >= 15 is 0 Å². The van der Waals surface area contributed by atoms with Crippen LogP contribution in [0.3, 0.4) is 0 Å². The number of esters is 1. The summed E-state index contributed by atoms with van der Waals surface area (Å²) in [6.07, 6.45) is -0.302. The maximum Gasteiger partial charge on any atom is 0.326 e. The Labute approximate surface area is 165 Å². The van der Waals surface area contributed by atoms with E-state index in [0.717, 1.165) is 10.9 Å². The summed E-state index contributed by atoms with van der Waals surface area (Å²) in [4.78, 5) is 54.8. The second kappa shape index (κ2) is 8.09. The van der Waals surface area contributed by atoms with E-state index in [1.54, 1.807) is 0 Å². The first-order valence-electron chi connectivity index (χ1n) is 8.84. The van der Waals surface area contributed by atoms with Gasteiger partial charge in [-0.1, -0.05) is 18.2 Å². The number of carbonyl (C=O) groups is 4. The standard InChI is InChI=1S/C20H19N3O6/c1-10(24)17-18-12(11-5-3-4-6-13(11)21-18)9-15(22-17)19(26)23-14(20(27)28)7-8-16(25)29-2/h3-6,9,14,21H,7-8H2,1-2H3,(H,23,26)(H,27,28). The number of carboxylic acid groups (broad SMARTS) is 1. The Balaban J connectivity index is 1.98. The van der Waals surface area contributed by atoms with Gasteiger partial charge in [0, 0.05) is 29.6 Å². The highest BCUT2D eigenvalue weighted by atomic mass is 16.5. The number of para-hydroxylation sites is 1. The molecule has 3 N–H and O–H groups in total. The number of H-pyrrole nitrogens is 1. The van der Waals surface area contributed by atoms with Gasteiger partial charge in [0.05, 0.1) is 12.6 Å². The average molecular weight is 397 g/mol. The molecule has 2 aromatic heterocycles. The summed E-state index contributed by atoms with van der Waals surface area (Å²) < 4.78 is 4.49. The van der Waals surface area contributed by atoms with Gasteiger partial charge < -0.3 is 20.1 Å². The summed E-state index contributed by atoms with van der Waals surface area (Å²) in [6.45, 7) is 1.34. The van der Waals surface area contributed by atoms with Crippen LogP contribution in [0.1, 0.15) is 40.7 Å². The predicted octanol–water partition coefficient (Wildman–Crippen LogP) is 2.05. The topological polar surface area (TPSA) is 138 Å². The van der Waals surface area contributed by atoms with Crippen molar-refractivity contribution in [1.82, 2.24) is 15.3 Å². The number of aromatic amines is 1. The normalized spacial score (nSPS) is 11.9. The summed E-state index contributed by atoms with van der Waals surface area (Å²) >= 11 is 0. The first kappa shape index (κ1) is 20.0. The highest BCUT2D eigenvalue weighted by molar-refractivity contribution is 6.15. The van der Waals surface area contributed by atoms with Crippen molar-refractivity contribution in [1.29, 1.82) is 0 Å².